The van der Waals surface area contributed by atoms with Crippen LogP contribution in [0.1, 0.15) is 29.7 Å². The van der Waals surface area contributed by atoms with Gasteiger partial charge in [-0.2, -0.15) is 0 Å². The minimum absolute atomic E-state index is 0.0737. The van der Waals surface area contributed by atoms with Crippen LogP contribution in [0.15, 0.2) is 29.1 Å². The first-order valence-corrected chi connectivity index (χ1v) is 7.60. The van der Waals surface area contributed by atoms with Gasteiger partial charge in [0.1, 0.15) is 0 Å². The second kappa shape index (κ2) is 5.85. The molecule has 25 heavy (non-hydrogen) atoms. The van der Waals surface area contributed by atoms with E-state index < -0.39 is 33.9 Å². The van der Waals surface area contributed by atoms with E-state index in [2.05, 4.69) is 10.2 Å². The van der Waals surface area contributed by atoms with E-state index in [1.807, 2.05) is 0 Å². The molecule has 1 aromatic carbocycles. The second-order valence-corrected chi connectivity index (χ2v) is 6.33. The smallest absolute Gasteiger partial charge is 0.312 e. The van der Waals surface area contributed by atoms with Crippen LogP contribution in [0.2, 0.25) is 0 Å². The van der Waals surface area contributed by atoms with E-state index in [9.17, 15) is 24.8 Å². The van der Waals surface area contributed by atoms with Crippen LogP contribution in [-0.2, 0) is 16.0 Å². The van der Waals surface area contributed by atoms with Gasteiger partial charge in [-0.25, -0.2) is 0 Å². The Labute approximate surface area is 141 Å². The standard InChI is InChI=1S/C16H17N3O6/c1-16(22)7-10-12(14(20)18-17-10)11(13(16)15(21)25-2)8-3-5-9(6-4-8)19(23)24/h3-6,11,13,22H,7H2,1-2H3,(H2,17,18,20)/t11-,13-,16-/m0/s1. The number of rotatable bonds is 3. The molecular weight excluding hydrogens is 330 g/mol. The third kappa shape index (κ3) is 2.72. The second-order valence-electron chi connectivity index (χ2n) is 6.33. The van der Waals surface area contributed by atoms with E-state index in [-0.39, 0.29) is 12.1 Å². The lowest BCUT2D eigenvalue weighted by molar-refractivity contribution is -0.384. The number of carbonyl (C=O) groups excluding carboxylic acids is 1. The number of fused-ring (bicyclic) bond motifs is 1. The highest BCUT2D eigenvalue weighted by atomic mass is 16.6. The van der Waals surface area contributed by atoms with Crippen LogP contribution in [0.5, 0.6) is 0 Å². The number of nitro groups is 1. The minimum atomic E-state index is -1.46. The molecule has 0 fully saturated rings. The number of methoxy groups -OCH3 is 1. The SMILES string of the molecule is COC(=O)[C@@H]1[C@@H](c2ccc([N+](=O)[O-])cc2)c2c([nH][nH]c2=O)C[C@]1(C)O. The Morgan fingerprint density at radius 1 is 1.36 bits per heavy atom. The van der Waals surface area contributed by atoms with Gasteiger partial charge < -0.3 is 14.9 Å². The van der Waals surface area contributed by atoms with Crippen molar-refractivity contribution in [1.29, 1.82) is 0 Å². The molecule has 3 N–H and O–H groups in total. The number of aliphatic hydroxyl groups is 1. The minimum Gasteiger partial charge on any atom is -0.469 e. The first kappa shape index (κ1) is 16.9. The first-order chi connectivity index (χ1) is 11.8. The number of non-ortho nitro benzene ring substituents is 1. The third-order valence-electron chi connectivity index (χ3n) is 4.66. The van der Waals surface area contributed by atoms with E-state index >= 15 is 0 Å². The summed E-state index contributed by atoms with van der Waals surface area (Å²) in [6.07, 6.45) is 0.0737. The maximum absolute atomic E-state index is 12.4. The van der Waals surface area contributed by atoms with Crippen molar-refractivity contribution in [2.24, 2.45) is 5.92 Å². The van der Waals surface area contributed by atoms with Crippen molar-refractivity contribution in [3.05, 3.63) is 61.6 Å². The average Bonchev–Trinajstić information content (AvgIpc) is 2.92. The third-order valence-corrected chi connectivity index (χ3v) is 4.66. The number of carbonyl (C=O) groups is 1. The molecular formula is C16H17N3O6. The van der Waals surface area contributed by atoms with Crippen molar-refractivity contribution in [2.45, 2.75) is 24.9 Å². The van der Waals surface area contributed by atoms with Crippen LogP contribution in [-0.4, -0.2) is 38.9 Å². The van der Waals surface area contributed by atoms with Gasteiger partial charge in [0.15, 0.2) is 0 Å². The maximum atomic E-state index is 12.4. The van der Waals surface area contributed by atoms with Crippen molar-refractivity contribution >= 4 is 11.7 Å². The highest BCUT2D eigenvalue weighted by Crippen LogP contribution is 2.44. The summed E-state index contributed by atoms with van der Waals surface area (Å²) in [5.74, 6) is -2.47. The number of nitro benzene ring substituents is 1. The van der Waals surface area contributed by atoms with Crippen LogP contribution >= 0.6 is 0 Å². The fourth-order valence-electron chi connectivity index (χ4n) is 3.55. The largest absolute Gasteiger partial charge is 0.469 e. The number of aromatic nitrogens is 2. The van der Waals surface area contributed by atoms with Crippen molar-refractivity contribution in [1.82, 2.24) is 10.2 Å². The van der Waals surface area contributed by atoms with Crippen LogP contribution < -0.4 is 5.56 Å². The van der Waals surface area contributed by atoms with E-state index in [1.54, 1.807) is 0 Å². The number of nitrogens with zero attached hydrogens (tertiary/aromatic N) is 1. The molecule has 0 spiro atoms. The molecule has 0 saturated heterocycles. The lowest BCUT2D eigenvalue weighted by Gasteiger charge is -2.40. The Balaban J connectivity index is 2.20. The van der Waals surface area contributed by atoms with Gasteiger partial charge in [-0.3, -0.25) is 24.8 Å². The van der Waals surface area contributed by atoms with Gasteiger partial charge in [0.2, 0.25) is 0 Å². The van der Waals surface area contributed by atoms with E-state index in [1.165, 1.54) is 38.3 Å². The van der Waals surface area contributed by atoms with Crippen LogP contribution in [0.3, 0.4) is 0 Å². The van der Waals surface area contributed by atoms with Gasteiger partial charge >= 0.3 is 5.97 Å². The van der Waals surface area contributed by atoms with Gasteiger partial charge in [0.05, 0.1) is 23.6 Å². The van der Waals surface area contributed by atoms with Gasteiger partial charge in [0.25, 0.3) is 11.2 Å². The van der Waals surface area contributed by atoms with E-state index in [0.29, 0.717) is 16.8 Å². The lowest BCUT2D eigenvalue weighted by Crippen LogP contribution is -2.49. The molecule has 0 amide bonds. The Morgan fingerprint density at radius 2 is 2.00 bits per heavy atom. The molecule has 3 atom stereocenters. The van der Waals surface area contributed by atoms with Gasteiger partial charge in [-0.05, 0) is 12.5 Å². The molecule has 1 aliphatic carbocycles. The van der Waals surface area contributed by atoms with Crippen molar-refractivity contribution in [2.75, 3.05) is 7.11 Å². The van der Waals surface area contributed by atoms with Crippen LogP contribution in [0, 0.1) is 16.0 Å². The number of nitrogens with one attached hydrogen (secondary N) is 2. The van der Waals surface area contributed by atoms with Crippen LogP contribution in [0.4, 0.5) is 5.69 Å². The molecule has 132 valence electrons. The van der Waals surface area contributed by atoms with Gasteiger partial charge in [-0.15, -0.1) is 0 Å². The molecule has 0 radical (unpaired) electrons. The molecule has 0 saturated carbocycles. The number of aromatic amines is 2. The zero-order valence-corrected chi connectivity index (χ0v) is 13.6. The predicted octanol–water partition coefficient (Wildman–Crippen LogP) is 0.839. The zero-order chi connectivity index (χ0) is 18.4. The molecule has 0 unspecified atom stereocenters. The molecule has 3 rings (SSSR count). The highest BCUT2D eigenvalue weighted by Gasteiger charge is 2.51. The molecule has 9 heteroatoms. The normalized spacial score (nSPS) is 25.2. The van der Waals surface area contributed by atoms with Crippen molar-refractivity contribution in [3.63, 3.8) is 0 Å². The van der Waals surface area contributed by atoms with Crippen molar-refractivity contribution < 1.29 is 19.6 Å². The fourth-order valence-corrected chi connectivity index (χ4v) is 3.55. The Hall–Kier alpha value is -2.94. The summed E-state index contributed by atoms with van der Waals surface area (Å²) < 4.78 is 4.84. The number of hydrogen-bond acceptors (Lipinski definition) is 6. The van der Waals surface area contributed by atoms with Crippen molar-refractivity contribution in [3.8, 4) is 0 Å². The molecule has 1 aromatic heterocycles. The summed E-state index contributed by atoms with van der Waals surface area (Å²) in [5.41, 5.74) is -0.633. The molecule has 0 aliphatic heterocycles. The summed E-state index contributed by atoms with van der Waals surface area (Å²) in [4.78, 5) is 35.0. The lowest BCUT2D eigenvalue weighted by atomic mass is 9.66. The van der Waals surface area contributed by atoms with E-state index in [4.69, 9.17) is 4.74 Å². The topological polar surface area (TPSA) is 138 Å². The summed E-state index contributed by atoms with van der Waals surface area (Å²) >= 11 is 0. The average molecular weight is 347 g/mol. The first-order valence-electron chi connectivity index (χ1n) is 7.60. The Kier molecular flexibility index (Phi) is 3.96. The predicted molar refractivity (Wildman–Crippen MR) is 86.2 cm³/mol. The number of ether oxygens (including phenoxy) is 1. The fraction of sp³-hybridized carbons (Fsp3) is 0.375. The summed E-state index contributed by atoms with van der Waals surface area (Å²) in [6, 6.07) is 5.56. The monoisotopic (exact) mass is 347 g/mol. The highest BCUT2D eigenvalue weighted by molar-refractivity contribution is 5.77. The van der Waals surface area contributed by atoms with Crippen LogP contribution in [0.25, 0.3) is 0 Å². The molecule has 1 aliphatic rings. The molecule has 2 aromatic rings. The number of esters is 1. The number of H-pyrrole nitrogens is 2. The Bertz CT molecular complexity index is 880. The summed E-state index contributed by atoms with van der Waals surface area (Å²) in [7, 11) is 1.21. The maximum Gasteiger partial charge on any atom is 0.312 e. The zero-order valence-electron chi connectivity index (χ0n) is 13.6. The summed E-state index contributed by atoms with van der Waals surface area (Å²) in [5, 5.41) is 26.9. The number of benzene rings is 1. The molecule has 9 nitrogen and oxygen atoms in total. The summed E-state index contributed by atoms with van der Waals surface area (Å²) in [6.45, 7) is 1.50. The number of hydrogen-bond donors (Lipinski definition) is 3. The van der Waals surface area contributed by atoms with E-state index in [0.717, 1.165) is 0 Å². The quantitative estimate of drug-likeness (QED) is 0.427. The Morgan fingerprint density at radius 3 is 2.56 bits per heavy atom. The van der Waals surface area contributed by atoms with Gasteiger partial charge in [-0.1, -0.05) is 12.1 Å². The van der Waals surface area contributed by atoms with Gasteiger partial charge in [0, 0.05) is 35.7 Å². The molecule has 0 bridgehead atoms. The molecule has 1 heterocycles.